The molecule has 0 aliphatic carbocycles. The van der Waals surface area contributed by atoms with Crippen LogP contribution in [0.1, 0.15) is 67.1 Å². The van der Waals surface area contributed by atoms with E-state index in [0.717, 1.165) is 11.1 Å². The molecular weight excluding hydrogens is 446 g/mol. The molecule has 1 aromatic heterocycles. The predicted molar refractivity (Wildman–Crippen MR) is 136 cm³/mol. The maximum absolute atomic E-state index is 12.9. The largest absolute Gasteiger partial charge is 0.349 e. The highest BCUT2D eigenvalue weighted by Crippen LogP contribution is 2.25. The number of amides is 2. The van der Waals surface area contributed by atoms with Gasteiger partial charge in [-0.05, 0) is 44.4 Å². The predicted octanol–water partition coefficient (Wildman–Crippen LogP) is 4.70. The molecule has 3 rings (SSSR count). The highest BCUT2D eigenvalue weighted by atomic mass is 32.2. The number of nitrogens with zero attached hydrogens (tertiary/aromatic N) is 3. The number of nitrogens with one attached hydrogen (secondary N) is 2. The molecule has 7 nitrogen and oxygen atoms in total. The SMILES string of the molecule is CCn1c(SCC(=O)N[C@H](C)c2ccccc2)nnc1[C@@H](NC(=O)c1ccc(C)cc1)C(C)C. The number of hydrogen-bond donors (Lipinski definition) is 2. The number of carbonyl (C=O) groups is 2. The summed E-state index contributed by atoms with van der Waals surface area (Å²) in [5.41, 5.74) is 2.77. The summed E-state index contributed by atoms with van der Waals surface area (Å²) in [7, 11) is 0. The van der Waals surface area contributed by atoms with Crippen LogP contribution in [0.25, 0.3) is 0 Å². The van der Waals surface area contributed by atoms with Crippen LogP contribution < -0.4 is 10.6 Å². The molecule has 0 fully saturated rings. The lowest BCUT2D eigenvalue weighted by atomic mass is 10.0. The zero-order valence-electron chi connectivity index (χ0n) is 20.4. The maximum Gasteiger partial charge on any atom is 0.251 e. The summed E-state index contributed by atoms with van der Waals surface area (Å²) in [5, 5.41) is 15.5. The lowest BCUT2D eigenvalue weighted by Crippen LogP contribution is -2.33. The van der Waals surface area contributed by atoms with Gasteiger partial charge in [-0.25, -0.2) is 0 Å². The van der Waals surface area contributed by atoms with Crippen molar-refractivity contribution in [1.82, 2.24) is 25.4 Å². The molecule has 2 amide bonds. The number of thioether (sulfide) groups is 1. The van der Waals surface area contributed by atoms with Crippen molar-refractivity contribution in [3.63, 3.8) is 0 Å². The molecule has 0 saturated heterocycles. The second-order valence-electron chi connectivity index (χ2n) is 8.63. The van der Waals surface area contributed by atoms with Crippen LogP contribution in [0.4, 0.5) is 0 Å². The maximum atomic E-state index is 12.9. The Balaban J connectivity index is 1.68. The molecular formula is C26H33N5O2S. The van der Waals surface area contributed by atoms with Gasteiger partial charge >= 0.3 is 0 Å². The summed E-state index contributed by atoms with van der Waals surface area (Å²) in [5.74, 6) is 0.821. The van der Waals surface area contributed by atoms with E-state index in [0.29, 0.717) is 23.1 Å². The highest BCUT2D eigenvalue weighted by Gasteiger charge is 2.26. The van der Waals surface area contributed by atoms with E-state index < -0.39 is 0 Å². The first-order valence-electron chi connectivity index (χ1n) is 11.6. The van der Waals surface area contributed by atoms with Crippen molar-refractivity contribution >= 4 is 23.6 Å². The quantitative estimate of drug-likeness (QED) is 0.411. The molecule has 3 aromatic rings. The van der Waals surface area contributed by atoms with Crippen LogP contribution in [0.5, 0.6) is 0 Å². The summed E-state index contributed by atoms with van der Waals surface area (Å²) >= 11 is 1.35. The fourth-order valence-corrected chi connectivity index (χ4v) is 4.45. The third-order valence-corrected chi connectivity index (χ3v) is 6.58. The first kappa shape index (κ1) is 25.5. The van der Waals surface area contributed by atoms with Gasteiger partial charge in [0, 0.05) is 12.1 Å². The summed E-state index contributed by atoms with van der Waals surface area (Å²) in [6, 6.07) is 17.0. The molecule has 0 unspecified atom stereocenters. The molecule has 0 radical (unpaired) electrons. The second kappa shape index (κ2) is 11.8. The van der Waals surface area contributed by atoms with Crippen molar-refractivity contribution in [2.45, 2.75) is 58.4 Å². The minimum absolute atomic E-state index is 0.0679. The Morgan fingerprint density at radius 3 is 2.26 bits per heavy atom. The Labute approximate surface area is 205 Å². The molecule has 2 atom stereocenters. The van der Waals surface area contributed by atoms with E-state index in [1.54, 1.807) is 0 Å². The number of carbonyl (C=O) groups excluding carboxylic acids is 2. The van der Waals surface area contributed by atoms with E-state index in [2.05, 4.69) is 20.8 Å². The van der Waals surface area contributed by atoms with Gasteiger partial charge in [0.2, 0.25) is 5.91 Å². The topological polar surface area (TPSA) is 88.9 Å². The third kappa shape index (κ3) is 6.47. The molecule has 0 bridgehead atoms. The van der Waals surface area contributed by atoms with Crippen LogP contribution in [-0.2, 0) is 11.3 Å². The number of rotatable bonds is 10. The van der Waals surface area contributed by atoms with Crippen molar-refractivity contribution < 1.29 is 9.59 Å². The van der Waals surface area contributed by atoms with Crippen molar-refractivity contribution in [3.05, 3.63) is 77.1 Å². The summed E-state index contributed by atoms with van der Waals surface area (Å²) in [4.78, 5) is 25.4. The first-order valence-corrected chi connectivity index (χ1v) is 12.6. The average molecular weight is 480 g/mol. The molecule has 8 heteroatoms. The fourth-order valence-electron chi connectivity index (χ4n) is 3.63. The molecule has 0 aliphatic rings. The monoisotopic (exact) mass is 479 g/mol. The lowest BCUT2D eigenvalue weighted by Gasteiger charge is -2.22. The minimum Gasteiger partial charge on any atom is -0.349 e. The van der Waals surface area contributed by atoms with Gasteiger partial charge in [-0.15, -0.1) is 10.2 Å². The van der Waals surface area contributed by atoms with Gasteiger partial charge in [-0.3, -0.25) is 9.59 Å². The molecule has 0 aliphatic heterocycles. The molecule has 180 valence electrons. The van der Waals surface area contributed by atoms with Crippen LogP contribution in [0.15, 0.2) is 59.8 Å². The van der Waals surface area contributed by atoms with Gasteiger partial charge in [0.05, 0.1) is 17.8 Å². The van der Waals surface area contributed by atoms with E-state index in [4.69, 9.17) is 0 Å². The minimum atomic E-state index is -0.303. The van der Waals surface area contributed by atoms with Gasteiger partial charge in [-0.2, -0.15) is 0 Å². The number of aromatic nitrogens is 3. The highest BCUT2D eigenvalue weighted by molar-refractivity contribution is 7.99. The van der Waals surface area contributed by atoms with Crippen molar-refractivity contribution in [3.8, 4) is 0 Å². The Kier molecular flexibility index (Phi) is 8.87. The van der Waals surface area contributed by atoms with Crippen LogP contribution in [0.2, 0.25) is 0 Å². The summed E-state index contributed by atoms with van der Waals surface area (Å²) in [6.07, 6.45) is 0. The van der Waals surface area contributed by atoms with Gasteiger partial charge in [0.15, 0.2) is 11.0 Å². The van der Waals surface area contributed by atoms with E-state index in [1.165, 1.54) is 11.8 Å². The van der Waals surface area contributed by atoms with Gasteiger partial charge in [-0.1, -0.05) is 73.6 Å². The van der Waals surface area contributed by atoms with Crippen LogP contribution in [0.3, 0.4) is 0 Å². The fraction of sp³-hybridized carbons (Fsp3) is 0.385. The summed E-state index contributed by atoms with van der Waals surface area (Å²) < 4.78 is 1.97. The molecule has 2 aromatic carbocycles. The zero-order valence-corrected chi connectivity index (χ0v) is 21.2. The van der Waals surface area contributed by atoms with Crippen molar-refractivity contribution in [1.29, 1.82) is 0 Å². The third-order valence-electron chi connectivity index (χ3n) is 5.62. The first-order chi connectivity index (χ1) is 16.3. The Hall–Kier alpha value is -3.13. The van der Waals surface area contributed by atoms with E-state index in [1.807, 2.05) is 93.8 Å². The van der Waals surface area contributed by atoms with E-state index in [9.17, 15) is 9.59 Å². The Morgan fingerprint density at radius 1 is 0.971 bits per heavy atom. The molecule has 0 saturated carbocycles. The van der Waals surface area contributed by atoms with Crippen molar-refractivity contribution in [2.75, 3.05) is 5.75 Å². The standard InChI is InChI=1S/C26H33N5O2S/c1-6-31-24(23(17(2)3)28-25(33)21-14-12-18(4)13-15-21)29-30-26(31)34-16-22(32)27-19(5)20-10-8-7-9-11-20/h7-15,17,19,23H,6,16H2,1-5H3,(H,27,32)(H,28,33)/t19-,23+/m1/s1. The molecule has 34 heavy (non-hydrogen) atoms. The van der Waals surface area contributed by atoms with Gasteiger partial charge in [0.1, 0.15) is 0 Å². The molecule has 1 heterocycles. The number of aryl methyl sites for hydroxylation is 1. The van der Waals surface area contributed by atoms with Crippen molar-refractivity contribution in [2.24, 2.45) is 5.92 Å². The average Bonchev–Trinajstić information content (AvgIpc) is 3.24. The van der Waals surface area contributed by atoms with Gasteiger partial charge < -0.3 is 15.2 Å². The van der Waals surface area contributed by atoms with Crippen LogP contribution in [0, 0.1) is 12.8 Å². The normalized spacial score (nSPS) is 12.9. The Morgan fingerprint density at radius 2 is 1.65 bits per heavy atom. The number of benzene rings is 2. The smallest absolute Gasteiger partial charge is 0.251 e. The van der Waals surface area contributed by atoms with Crippen LogP contribution in [-0.4, -0.2) is 32.3 Å². The number of hydrogen-bond acceptors (Lipinski definition) is 5. The second-order valence-corrected chi connectivity index (χ2v) is 9.58. The lowest BCUT2D eigenvalue weighted by molar-refractivity contribution is -0.119. The molecule has 2 N–H and O–H groups in total. The van der Waals surface area contributed by atoms with E-state index >= 15 is 0 Å². The zero-order chi connectivity index (χ0) is 24.7. The molecule has 0 spiro atoms. The van der Waals surface area contributed by atoms with Gasteiger partial charge in [0.25, 0.3) is 5.91 Å². The summed E-state index contributed by atoms with van der Waals surface area (Å²) in [6.45, 7) is 10.7. The Bertz CT molecular complexity index is 1100. The van der Waals surface area contributed by atoms with Crippen LogP contribution >= 0.6 is 11.8 Å². The van der Waals surface area contributed by atoms with E-state index in [-0.39, 0.29) is 35.6 Å².